The van der Waals surface area contributed by atoms with Crippen LogP contribution in [-0.2, 0) is 27.3 Å². The van der Waals surface area contributed by atoms with Crippen LogP contribution in [0.15, 0.2) is 6.20 Å². The largest absolute Gasteiger partial charge is 0.382 e. The highest BCUT2D eigenvalue weighted by Gasteiger charge is 2.00. The fourth-order valence-electron chi connectivity index (χ4n) is 1.54. The molecule has 0 saturated carbocycles. The number of hydrogen-bond donors (Lipinski definition) is 1. The highest BCUT2D eigenvalue weighted by Crippen LogP contribution is 1.93. The number of rotatable bonds is 13. The third kappa shape index (κ3) is 8.21. The molecule has 0 spiro atoms. The van der Waals surface area contributed by atoms with E-state index in [1.165, 1.54) is 0 Å². The summed E-state index contributed by atoms with van der Waals surface area (Å²) in [7, 11) is 1.66. The van der Waals surface area contributed by atoms with Crippen molar-refractivity contribution in [3.63, 3.8) is 0 Å². The van der Waals surface area contributed by atoms with Gasteiger partial charge < -0.3 is 19.5 Å². The van der Waals surface area contributed by atoms with E-state index in [0.717, 1.165) is 25.2 Å². The van der Waals surface area contributed by atoms with E-state index in [-0.39, 0.29) is 0 Å². The molecular weight excluding hydrogens is 260 g/mol. The van der Waals surface area contributed by atoms with Gasteiger partial charge in [0.05, 0.1) is 45.3 Å². The van der Waals surface area contributed by atoms with Gasteiger partial charge in [-0.3, -0.25) is 0 Å². The van der Waals surface area contributed by atoms with Crippen molar-refractivity contribution in [3.8, 4) is 0 Å². The van der Waals surface area contributed by atoms with Crippen molar-refractivity contribution in [3.05, 3.63) is 11.9 Å². The van der Waals surface area contributed by atoms with Crippen LogP contribution < -0.4 is 5.32 Å². The summed E-state index contributed by atoms with van der Waals surface area (Å²) in [5.74, 6) is 0. The fourth-order valence-corrected chi connectivity index (χ4v) is 1.54. The van der Waals surface area contributed by atoms with Gasteiger partial charge in [0, 0.05) is 19.9 Å². The van der Waals surface area contributed by atoms with Crippen LogP contribution in [0.4, 0.5) is 0 Å². The molecule has 0 radical (unpaired) electrons. The van der Waals surface area contributed by atoms with Gasteiger partial charge in [0.2, 0.25) is 0 Å². The second-order valence-electron chi connectivity index (χ2n) is 4.37. The van der Waals surface area contributed by atoms with Gasteiger partial charge in [-0.25, -0.2) is 4.68 Å². The van der Waals surface area contributed by atoms with E-state index in [0.29, 0.717) is 39.6 Å². The molecule has 0 saturated heterocycles. The van der Waals surface area contributed by atoms with Crippen molar-refractivity contribution in [1.29, 1.82) is 0 Å². The van der Waals surface area contributed by atoms with E-state index < -0.39 is 0 Å². The summed E-state index contributed by atoms with van der Waals surface area (Å²) in [5, 5.41) is 11.4. The average molecular weight is 286 g/mol. The molecule has 0 unspecified atom stereocenters. The molecule has 0 aliphatic heterocycles. The molecule has 1 aromatic heterocycles. The molecule has 116 valence electrons. The summed E-state index contributed by atoms with van der Waals surface area (Å²) in [4.78, 5) is 0. The second kappa shape index (κ2) is 11.8. The molecule has 1 rings (SSSR count). The Morgan fingerprint density at radius 3 is 2.65 bits per heavy atom. The number of methoxy groups -OCH3 is 1. The molecule has 0 fully saturated rings. The van der Waals surface area contributed by atoms with E-state index in [9.17, 15) is 0 Å². The maximum Gasteiger partial charge on any atom is 0.0964 e. The van der Waals surface area contributed by atoms with Gasteiger partial charge in [-0.05, 0) is 13.0 Å². The SMILES string of the molecule is CCCNCc1cn(CCOCCOCCOC)nn1. The van der Waals surface area contributed by atoms with Gasteiger partial charge in [0.15, 0.2) is 0 Å². The Hall–Kier alpha value is -1.02. The number of ether oxygens (including phenoxy) is 3. The maximum absolute atomic E-state index is 5.46. The molecule has 0 bridgehead atoms. The zero-order valence-corrected chi connectivity index (χ0v) is 12.5. The van der Waals surface area contributed by atoms with Crippen LogP contribution in [0.3, 0.4) is 0 Å². The van der Waals surface area contributed by atoms with Crippen LogP contribution in [0, 0.1) is 0 Å². The summed E-state index contributed by atoms with van der Waals surface area (Å²) >= 11 is 0. The van der Waals surface area contributed by atoms with Crippen molar-refractivity contribution in [2.24, 2.45) is 0 Å². The molecule has 7 nitrogen and oxygen atoms in total. The van der Waals surface area contributed by atoms with Gasteiger partial charge in [0.25, 0.3) is 0 Å². The predicted molar refractivity (Wildman–Crippen MR) is 75.5 cm³/mol. The third-order valence-electron chi connectivity index (χ3n) is 2.59. The number of nitrogens with one attached hydrogen (secondary N) is 1. The van der Waals surface area contributed by atoms with E-state index in [1.807, 2.05) is 6.20 Å². The van der Waals surface area contributed by atoms with Crippen molar-refractivity contribution in [2.75, 3.05) is 46.7 Å². The first kappa shape index (κ1) is 17.0. The molecule has 0 amide bonds. The van der Waals surface area contributed by atoms with E-state index in [2.05, 4.69) is 22.6 Å². The smallest absolute Gasteiger partial charge is 0.0964 e. The fraction of sp³-hybridized carbons (Fsp3) is 0.846. The molecule has 0 aliphatic carbocycles. The lowest BCUT2D eigenvalue weighted by Gasteiger charge is -2.05. The first-order chi connectivity index (χ1) is 9.86. The Morgan fingerprint density at radius 1 is 1.15 bits per heavy atom. The van der Waals surface area contributed by atoms with E-state index in [4.69, 9.17) is 14.2 Å². The number of aromatic nitrogens is 3. The lowest BCUT2D eigenvalue weighted by atomic mass is 10.4. The molecule has 1 N–H and O–H groups in total. The zero-order valence-electron chi connectivity index (χ0n) is 12.5. The third-order valence-corrected chi connectivity index (χ3v) is 2.59. The maximum atomic E-state index is 5.46. The minimum Gasteiger partial charge on any atom is -0.382 e. The molecule has 1 aromatic rings. The second-order valence-corrected chi connectivity index (χ2v) is 4.37. The predicted octanol–water partition coefficient (Wildman–Crippen LogP) is 0.457. The molecule has 1 heterocycles. The highest BCUT2D eigenvalue weighted by molar-refractivity contribution is 4.91. The van der Waals surface area contributed by atoms with Crippen molar-refractivity contribution in [2.45, 2.75) is 26.4 Å². The van der Waals surface area contributed by atoms with Gasteiger partial charge in [-0.2, -0.15) is 0 Å². The molecule has 7 heteroatoms. The van der Waals surface area contributed by atoms with Crippen LogP contribution in [0.5, 0.6) is 0 Å². The summed E-state index contributed by atoms with van der Waals surface area (Å²) in [6, 6.07) is 0. The summed E-state index contributed by atoms with van der Waals surface area (Å²) in [6.07, 6.45) is 3.07. The Kier molecular flexibility index (Phi) is 10.0. The lowest BCUT2D eigenvalue weighted by molar-refractivity contribution is 0.0224. The van der Waals surface area contributed by atoms with Crippen LogP contribution in [0.25, 0.3) is 0 Å². The summed E-state index contributed by atoms with van der Waals surface area (Å²) in [6.45, 7) is 7.63. The van der Waals surface area contributed by atoms with Crippen LogP contribution >= 0.6 is 0 Å². The monoisotopic (exact) mass is 286 g/mol. The standard InChI is InChI=1S/C13H26N4O3/c1-3-4-14-11-13-12-17(16-15-13)5-6-19-9-10-20-8-7-18-2/h12,14H,3-11H2,1-2H3. The van der Waals surface area contributed by atoms with Crippen molar-refractivity contribution < 1.29 is 14.2 Å². The topological polar surface area (TPSA) is 70.4 Å². The van der Waals surface area contributed by atoms with Crippen LogP contribution in [0.2, 0.25) is 0 Å². The quantitative estimate of drug-likeness (QED) is 0.531. The summed E-state index contributed by atoms with van der Waals surface area (Å²) < 4.78 is 17.4. The number of hydrogen-bond acceptors (Lipinski definition) is 6. The molecule has 0 atom stereocenters. The Morgan fingerprint density at radius 2 is 1.90 bits per heavy atom. The van der Waals surface area contributed by atoms with Crippen LogP contribution in [-0.4, -0.2) is 61.7 Å². The first-order valence-electron chi connectivity index (χ1n) is 7.11. The van der Waals surface area contributed by atoms with E-state index in [1.54, 1.807) is 11.8 Å². The number of nitrogens with zero attached hydrogens (tertiary/aromatic N) is 3. The minimum absolute atomic E-state index is 0.587. The van der Waals surface area contributed by atoms with Crippen LogP contribution in [0.1, 0.15) is 19.0 Å². The van der Waals surface area contributed by atoms with Crippen molar-refractivity contribution in [1.82, 2.24) is 20.3 Å². The normalized spacial score (nSPS) is 11.1. The molecule has 0 aromatic carbocycles. The van der Waals surface area contributed by atoms with Gasteiger partial charge in [-0.15, -0.1) is 5.10 Å². The first-order valence-corrected chi connectivity index (χ1v) is 7.11. The molecule has 20 heavy (non-hydrogen) atoms. The molecule has 0 aliphatic rings. The Labute approximate surface area is 120 Å². The Balaban J connectivity index is 1.99. The van der Waals surface area contributed by atoms with Crippen molar-refractivity contribution >= 4 is 0 Å². The molecular formula is C13H26N4O3. The summed E-state index contributed by atoms with van der Waals surface area (Å²) in [5.41, 5.74) is 0.960. The average Bonchev–Trinajstić information content (AvgIpc) is 2.90. The zero-order chi connectivity index (χ0) is 14.5. The highest BCUT2D eigenvalue weighted by atomic mass is 16.5. The van der Waals surface area contributed by atoms with Gasteiger partial charge in [0.1, 0.15) is 0 Å². The lowest BCUT2D eigenvalue weighted by Crippen LogP contribution is -2.14. The van der Waals surface area contributed by atoms with Gasteiger partial charge in [-0.1, -0.05) is 12.1 Å². The van der Waals surface area contributed by atoms with Gasteiger partial charge >= 0.3 is 0 Å². The van der Waals surface area contributed by atoms with E-state index >= 15 is 0 Å². The Bertz CT molecular complexity index is 333. The minimum atomic E-state index is 0.587.